The first-order valence-corrected chi connectivity index (χ1v) is 7.12. The highest BCUT2D eigenvalue weighted by atomic mass is 16.4. The third kappa shape index (κ3) is 2.74. The molecular weight excluding hydrogens is 270 g/mol. The van der Waals surface area contributed by atoms with Crippen LogP contribution in [0.1, 0.15) is 47.9 Å². The minimum atomic E-state index is -1.11. The van der Waals surface area contributed by atoms with Crippen LogP contribution in [0.4, 0.5) is 0 Å². The Morgan fingerprint density at radius 3 is 2.76 bits per heavy atom. The number of aromatic carboxylic acids is 1. The van der Waals surface area contributed by atoms with Crippen LogP contribution in [-0.4, -0.2) is 25.4 Å². The first kappa shape index (κ1) is 13.6. The molecule has 0 amide bonds. The molecule has 0 bridgehead atoms. The Hall–Kier alpha value is -2.37. The Balaban J connectivity index is 1.87. The van der Waals surface area contributed by atoms with E-state index in [4.69, 9.17) is 5.11 Å². The maximum absolute atomic E-state index is 11.9. The van der Waals surface area contributed by atoms with Crippen molar-refractivity contribution in [3.8, 4) is 0 Å². The predicted molar refractivity (Wildman–Crippen MR) is 76.5 cm³/mol. The van der Waals surface area contributed by atoms with Gasteiger partial charge in [0.1, 0.15) is 5.69 Å². The quantitative estimate of drug-likeness (QED) is 0.931. The molecule has 6 nitrogen and oxygen atoms in total. The van der Waals surface area contributed by atoms with Crippen molar-refractivity contribution >= 4 is 5.97 Å². The lowest BCUT2D eigenvalue weighted by Crippen LogP contribution is -2.25. The van der Waals surface area contributed by atoms with Crippen LogP contribution in [0.15, 0.2) is 35.3 Å². The topological polar surface area (TPSA) is 77.1 Å². The van der Waals surface area contributed by atoms with E-state index < -0.39 is 5.97 Å². The zero-order chi connectivity index (χ0) is 14.8. The number of hydrogen-bond donors (Lipinski definition) is 1. The summed E-state index contributed by atoms with van der Waals surface area (Å²) >= 11 is 0. The molecule has 0 saturated heterocycles. The molecule has 0 radical (unpaired) electrons. The van der Waals surface area contributed by atoms with E-state index >= 15 is 0 Å². The highest BCUT2D eigenvalue weighted by molar-refractivity contribution is 5.85. The van der Waals surface area contributed by atoms with Gasteiger partial charge in [0, 0.05) is 12.3 Å². The second-order valence-electron chi connectivity index (χ2n) is 5.37. The molecule has 1 fully saturated rings. The Labute approximate surface area is 121 Å². The fourth-order valence-electron chi connectivity index (χ4n) is 2.87. The minimum Gasteiger partial charge on any atom is -0.477 e. The van der Waals surface area contributed by atoms with Crippen molar-refractivity contribution in [2.45, 2.75) is 38.3 Å². The number of hydrogen-bond acceptors (Lipinski definition) is 3. The Morgan fingerprint density at radius 1 is 1.29 bits per heavy atom. The second kappa shape index (κ2) is 5.55. The highest BCUT2D eigenvalue weighted by Gasteiger charge is 2.18. The van der Waals surface area contributed by atoms with E-state index in [9.17, 15) is 9.59 Å². The van der Waals surface area contributed by atoms with Crippen LogP contribution in [0.2, 0.25) is 0 Å². The van der Waals surface area contributed by atoms with Gasteiger partial charge in [0.25, 0.3) is 5.56 Å². The molecule has 1 N–H and O–H groups in total. The van der Waals surface area contributed by atoms with Crippen LogP contribution < -0.4 is 5.56 Å². The van der Waals surface area contributed by atoms with Gasteiger partial charge in [0.05, 0.1) is 18.3 Å². The van der Waals surface area contributed by atoms with E-state index in [0.29, 0.717) is 11.7 Å². The average molecular weight is 287 g/mol. The lowest BCUT2D eigenvalue weighted by Gasteiger charge is -2.10. The van der Waals surface area contributed by atoms with E-state index in [1.807, 2.05) is 16.9 Å². The second-order valence-corrected chi connectivity index (χ2v) is 5.37. The smallest absolute Gasteiger partial charge is 0.352 e. The van der Waals surface area contributed by atoms with Crippen molar-refractivity contribution in [1.29, 1.82) is 0 Å². The Kier molecular flexibility index (Phi) is 3.60. The monoisotopic (exact) mass is 287 g/mol. The molecule has 2 aromatic rings. The Bertz CT molecular complexity index is 711. The molecule has 2 heterocycles. The average Bonchev–Trinajstić information content (AvgIpc) is 3.11. The fraction of sp³-hybridized carbons (Fsp3) is 0.400. The van der Waals surface area contributed by atoms with E-state index in [1.165, 1.54) is 35.6 Å². The maximum atomic E-state index is 11.9. The molecule has 3 rings (SSSR count). The number of carboxylic acid groups (broad SMARTS) is 1. The van der Waals surface area contributed by atoms with E-state index in [1.54, 1.807) is 0 Å². The van der Waals surface area contributed by atoms with Crippen molar-refractivity contribution < 1.29 is 9.90 Å². The van der Waals surface area contributed by atoms with Gasteiger partial charge in [-0.25, -0.2) is 4.79 Å². The molecule has 21 heavy (non-hydrogen) atoms. The van der Waals surface area contributed by atoms with Crippen molar-refractivity contribution in [2.75, 3.05) is 0 Å². The van der Waals surface area contributed by atoms with E-state index in [2.05, 4.69) is 5.10 Å². The number of nitrogens with zero attached hydrogens (tertiary/aromatic N) is 3. The molecule has 6 heteroatoms. The van der Waals surface area contributed by atoms with Crippen LogP contribution >= 0.6 is 0 Å². The van der Waals surface area contributed by atoms with Gasteiger partial charge < -0.3 is 5.11 Å². The summed E-state index contributed by atoms with van der Waals surface area (Å²) in [6, 6.07) is 6.53. The summed E-state index contributed by atoms with van der Waals surface area (Å²) in [7, 11) is 0. The number of carbonyl (C=O) groups is 1. The summed E-state index contributed by atoms with van der Waals surface area (Å²) in [5, 5.41) is 13.7. The molecule has 1 saturated carbocycles. The molecular formula is C15H17N3O3. The molecule has 0 aromatic carbocycles. The van der Waals surface area contributed by atoms with Gasteiger partial charge in [0.2, 0.25) is 0 Å². The van der Waals surface area contributed by atoms with Gasteiger partial charge in [-0.05, 0) is 25.0 Å². The Morgan fingerprint density at radius 2 is 2.05 bits per heavy atom. The molecule has 0 unspecified atom stereocenters. The molecule has 1 aliphatic carbocycles. The third-order valence-corrected chi connectivity index (χ3v) is 3.95. The molecule has 0 spiro atoms. The van der Waals surface area contributed by atoms with E-state index in [0.717, 1.165) is 12.8 Å². The largest absolute Gasteiger partial charge is 0.477 e. The molecule has 2 aromatic heterocycles. The van der Waals surface area contributed by atoms with E-state index in [-0.39, 0.29) is 17.8 Å². The van der Waals surface area contributed by atoms with Crippen molar-refractivity contribution in [1.82, 2.24) is 14.3 Å². The van der Waals surface area contributed by atoms with Crippen molar-refractivity contribution in [3.63, 3.8) is 0 Å². The molecule has 0 atom stereocenters. The summed E-state index contributed by atoms with van der Waals surface area (Å²) in [6.07, 6.45) is 6.63. The summed E-state index contributed by atoms with van der Waals surface area (Å²) in [4.78, 5) is 23.1. The fourth-order valence-corrected chi connectivity index (χ4v) is 2.87. The normalized spacial score (nSPS) is 15.4. The predicted octanol–water partition coefficient (Wildman–Crippen LogP) is 1.91. The third-order valence-electron chi connectivity index (χ3n) is 3.95. The van der Waals surface area contributed by atoms with Gasteiger partial charge in [0.15, 0.2) is 0 Å². The van der Waals surface area contributed by atoms with Gasteiger partial charge in [-0.1, -0.05) is 18.9 Å². The summed E-state index contributed by atoms with van der Waals surface area (Å²) in [6.45, 7) is 0.182. The summed E-state index contributed by atoms with van der Waals surface area (Å²) in [5.74, 6) is -1.11. The number of carboxylic acids is 1. The van der Waals surface area contributed by atoms with Crippen molar-refractivity contribution in [2.24, 2.45) is 0 Å². The lowest BCUT2D eigenvalue weighted by atomic mass is 10.3. The van der Waals surface area contributed by atoms with Gasteiger partial charge in [-0.2, -0.15) is 5.10 Å². The zero-order valence-electron chi connectivity index (χ0n) is 11.6. The lowest BCUT2D eigenvalue weighted by molar-refractivity contribution is 0.0684. The molecule has 110 valence electrons. The number of rotatable bonds is 4. The van der Waals surface area contributed by atoms with Crippen LogP contribution in [0.25, 0.3) is 0 Å². The first-order chi connectivity index (χ1) is 10.1. The van der Waals surface area contributed by atoms with Gasteiger partial charge in [-0.15, -0.1) is 0 Å². The SMILES string of the molecule is O=C(O)c1cccc(=O)n1Cc1ccn(C2CCCC2)n1. The summed E-state index contributed by atoms with van der Waals surface area (Å²) < 4.78 is 3.18. The van der Waals surface area contributed by atoms with Crippen LogP contribution in [0, 0.1) is 0 Å². The molecule has 1 aliphatic rings. The number of pyridine rings is 1. The standard InChI is InChI=1S/C15H17N3O3/c19-14-7-3-6-13(15(20)21)17(14)10-11-8-9-18(16-11)12-4-1-2-5-12/h3,6-9,12H,1-2,4-5,10H2,(H,20,21). The highest BCUT2D eigenvalue weighted by Crippen LogP contribution is 2.28. The van der Waals surface area contributed by atoms with Crippen LogP contribution in [0.5, 0.6) is 0 Å². The van der Waals surface area contributed by atoms with Crippen LogP contribution in [0.3, 0.4) is 0 Å². The summed E-state index contributed by atoms with van der Waals surface area (Å²) in [5.41, 5.74) is 0.362. The maximum Gasteiger partial charge on any atom is 0.352 e. The first-order valence-electron chi connectivity index (χ1n) is 7.12. The van der Waals surface area contributed by atoms with Gasteiger partial charge >= 0.3 is 5.97 Å². The zero-order valence-corrected chi connectivity index (χ0v) is 11.6. The van der Waals surface area contributed by atoms with Gasteiger partial charge in [-0.3, -0.25) is 14.0 Å². The molecule has 0 aliphatic heterocycles. The minimum absolute atomic E-state index is 0.0158. The van der Waals surface area contributed by atoms with Crippen molar-refractivity contribution in [3.05, 3.63) is 52.2 Å². The van der Waals surface area contributed by atoms with Crippen LogP contribution in [-0.2, 0) is 6.54 Å². The number of aromatic nitrogens is 3.